The lowest BCUT2D eigenvalue weighted by Crippen LogP contribution is -2.34. The summed E-state index contributed by atoms with van der Waals surface area (Å²) in [6, 6.07) is 13.6. The second-order valence-corrected chi connectivity index (χ2v) is 6.57. The molecule has 0 spiro atoms. The van der Waals surface area contributed by atoms with Gasteiger partial charge in [-0.15, -0.1) is 0 Å². The number of hydrogen-bond donors (Lipinski definition) is 3. The van der Waals surface area contributed by atoms with E-state index < -0.39 is 11.2 Å². The summed E-state index contributed by atoms with van der Waals surface area (Å²) in [6.45, 7) is 0.514. The summed E-state index contributed by atoms with van der Waals surface area (Å²) < 4.78 is 6.18. The Bertz CT molecular complexity index is 1330. The molecule has 0 amide bonds. The van der Waals surface area contributed by atoms with Crippen LogP contribution in [-0.4, -0.2) is 38.3 Å². The number of nitrogens with zero attached hydrogens (tertiary/aromatic N) is 3. The van der Waals surface area contributed by atoms with E-state index in [-0.39, 0.29) is 22.7 Å². The summed E-state index contributed by atoms with van der Waals surface area (Å²) >= 11 is 0. The third kappa shape index (κ3) is 3.86. The van der Waals surface area contributed by atoms with Crippen LogP contribution in [0.2, 0.25) is 0 Å². The highest BCUT2D eigenvalue weighted by Gasteiger charge is 2.12. The van der Waals surface area contributed by atoms with Crippen LogP contribution in [0.5, 0.6) is 11.5 Å². The van der Waals surface area contributed by atoms with E-state index >= 15 is 0 Å². The molecule has 0 aliphatic heterocycles. The first-order valence-corrected chi connectivity index (χ1v) is 9.23. The van der Waals surface area contributed by atoms with E-state index in [2.05, 4.69) is 20.3 Å². The lowest BCUT2D eigenvalue weighted by molar-refractivity contribution is 0.414. The van der Waals surface area contributed by atoms with Gasteiger partial charge >= 0.3 is 5.69 Å². The van der Waals surface area contributed by atoms with Crippen molar-refractivity contribution in [3.05, 3.63) is 81.1 Å². The molecule has 9 heteroatoms. The number of aromatic nitrogens is 4. The number of H-pyrrole nitrogens is 1. The van der Waals surface area contributed by atoms with Crippen molar-refractivity contribution < 1.29 is 9.84 Å². The molecule has 0 bridgehead atoms. The van der Waals surface area contributed by atoms with E-state index in [1.54, 1.807) is 42.5 Å². The van der Waals surface area contributed by atoms with E-state index in [9.17, 15) is 14.7 Å². The summed E-state index contributed by atoms with van der Waals surface area (Å²) in [5.74, 6) is 1.03. The second kappa shape index (κ2) is 8.08. The molecule has 0 fully saturated rings. The molecule has 30 heavy (non-hydrogen) atoms. The first kappa shape index (κ1) is 19.2. The fraction of sp³-hybridized carbons (Fsp3) is 0.143. The standard InChI is InChI=1S/C21H19N5O4/c1-30-16-7-3-5-14(11-16)26-19(28)17-12-23-20(24-18(17)25-21(26)29)22-9-8-13-4-2-6-15(27)10-13/h2-7,10-12,27H,8-9H2,1H3,(H2,22,23,24,25,29). The number of methoxy groups -OCH3 is 1. The van der Waals surface area contributed by atoms with Gasteiger partial charge in [0.05, 0.1) is 12.8 Å². The van der Waals surface area contributed by atoms with Crippen molar-refractivity contribution in [1.29, 1.82) is 0 Å². The predicted octanol–water partition coefficient (Wildman–Crippen LogP) is 1.84. The average Bonchev–Trinajstić information content (AvgIpc) is 2.74. The number of anilines is 1. The van der Waals surface area contributed by atoms with Crippen LogP contribution in [0, 0.1) is 0 Å². The molecule has 0 aliphatic rings. The molecule has 2 aromatic heterocycles. The fourth-order valence-corrected chi connectivity index (χ4v) is 3.10. The summed E-state index contributed by atoms with van der Waals surface area (Å²) in [4.78, 5) is 36.5. The average molecular weight is 405 g/mol. The Labute approximate surface area is 170 Å². The molecule has 152 valence electrons. The molecule has 3 N–H and O–H groups in total. The van der Waals surface area contributed by atoms with Crippen molar-refractivity contribution in [2.45, 2.75) is 6.42 Å². The van der Waals surface area contributed by atoms with Gasteiger partial charge in [-0.1, -0.05) is 18.2 Å². The van der Waals surface area contributed by atoms with E-state index in [0.717, 1.165) is 10.1 Å². The van der Waals surface area contributed by atoms with Crippen LogP contribution in [-0.2, 0) is 6.42 Å². The minimum atomic E-state index is -0.606. The number of rotatable bonds is 6. The molecule has 0 radical (unpaired) electrons. The Hall–Kier alpha value is -4.14. The molecule has 0 aliphatic carbocycles. The van der Waals surface area contributed by atoms with Gasteiger partial charge in [0.2, 0.25) is 5.95 Å². The Kier molecular flexibility index (Phi) is 5.17. The quantitative estimate of drug-likeness (QED) is 0.447. The first-order valence-electron chi connectivity index (χ1n) is 9.23. The third-order valence-corrected chi connectivity index (χ3v) is 4.57. The monoisotopic (exact) mass is 405 g/mol. The summed E-state index contributed by atoms with van der Waals surface area (Å²) in [7, 11) is 1.51. The zero-order chi connectivity index (χ0) is 21.1. The van der Waals surface area contributed by atoms with Gasteiger partial charge in [0, 0.05) is 18.8 Å². The predicted molar refractivity (Wildman–Crippen MR) is 113 cm³/mol. The van der Waals surface area contributed by atoms with Crippen LogP contribution in [0.25, 0.3) is 16.7 Å². The number of phenols is 1. The van der Waals surface area contributed by atoms with Crippen molar-refractivity contribution in [2.24, 2.45) is 0 Å². The Morgan fingerprint density at radius 2 is 2.00 bits per heavy atom. The fourth-order valence-electron chi connectivity index (χ4n) is 3.10. The second-order valence-electron chi connectivity index (χ2n) is 6.57. The highest BCUT2D eigenvalue weighted by Crippen LogP contribution is 2.15. The summed E-state index contributed by atoms with van der Waals surface area (Å²) in [6.07, 6.45) is 2.03. The van der Waals surface area contributed by atoms with Crippen molar-refractivity contribution in [3.63, 3.8) is 0 Å². The molecule has 2 heterocycles. The van der Waals surface area contributed by atoms with E-state index in [1.165, 1.54) is 13.3 Å². The summed E-state index contributed by atoms with van der Waals surface area (Å²) in [5.41, 5.74) is 0.367. The van der Waals surface area contributed by atoms with Crippen LogP contribution in [0.4, 0.5) is 5.95 Å². The van der Waals surface area contributed by atoms with Crippen LogP contribution >= 0.6 is 0 Å². The van der Waals surface area contributed by atoms with Gasteiger partial charge in [-0.2, -0.15) is 4.98 Å². The number of aromatic amines is 1. The minimum absolute atomic E-state index is 0.152. The number of nitrogens with one attached hydrogen (secondary N) is 2. The van der Waals surface area contributed by atoms with Crippen LogP contribution in [0.1, 0.15) is 5.56 Å². The van der Waals surface area contributed by atoms with Crippen LogP contribution in [0.3, 0.4) is 0 Å². The number of ether oxygens (including phenoxy) is 1. The zero-order valence-corrected chi connectivity index (χ0v) is 16.1. The minimum Gasteiger partial charge on any atom is -0.508 e. The maximum Gasteiger partial charge on any atom is 0.334 e. The molecule has 2 aromatic carbocycles. The number of benzene rings is 2. The molecule has 4 rings (SSSR count). The molecule has 0 unspecified atom stereocenters. The van der Waals surface area contributed by atoms with Crippen LogP contribution < -0.4 is 21.3 Å². The number of aromatic hydroxyl groups is 1. The lowest BCUT2D eigenvalue weighted by atomic mass is 10.1. The SMILES string of the molecule is COc1cccc(-n2c(=O)[nH]c3nc(NCCc4cccc(O)c4)ncc3c2=O)c1. The van der Waals surface area contributed by atoms with Crippen molar-refractivity contribution in [3.8, 4) is 17.2 Å². The lowest BCUT2D eigenvalue weighted by Gasteiger charge is -2.09. The van der Waals surface area contributed by atoms with Crippen molar-refractivity contribution in [2.75, 3.05) is 19.0 Å². The van der Waals surface area contributed by atoms with Crippen molar-refractivity contribution >= 4 is 17.0 Å². The van der Waals surface area contributed by atoms with E-state index in [1.807, 2.05) is 6.07 Å². The van der Waals surface area contributed by atoms with E-state index in [4.69, 9.17) is 4.74 Å². The largest absolute Gasteiger partial charge is 0.508 e. The highest BCUT2D eigenvalue weighted by molar-refractivity contribution is 5.73. The smallest absolute Gasteiger partial charge is 0.334 e. The highest BCUT2D eigenvalue weighted by atomic mass is 16.5. The van der Waals surface area contributed by atoms with Gasteiger partial charge in [-0.05, 0) is 36.2 Å². The number of hydrogen-bond acceptors (Lipinski definition) is 7. The van der Waals surface area contributed by atoms with Gasteiger partial charge in [-0.25, -0.2) is 14.3 Å². The van der Waals surface area contributed by atoms with Gasteiger partial charge < -0.3 is 15.2 Å². The van der Waals surface area contributed by atoms with E-state index in [0.29, 0.717) is 24.4 Å². The number of phenolic OH excluding ortho intramolecular Hbond substituents is 1. The topological polar surface area (TPSA) is 122 Å². The Morgan fingerprint density at radius 1 is 1.17 bits per heavy atom. The van der Waals surface area contributed by atoms with Gasteiger partial charge in [-0.3, -0.25) is 9.78 Å². The first-order chi connectivity index (χ1) is 14.5. The molecule has 0 atom stereocenters. The molecule has 9 nitrogen and oxygen atoms in total. The zero-order valence-electron chi connectivity index (χ0n) is 16.1. The molecular weight excluding hydrogens is 386 g/mol. The molecular formula is C21H19N5O4. The molecule has 0 saturated carbocycles. The Balaban J connectivity index is 1.61. The number of fused-ring (bicyclic) bond motifs is 1. The molecule has 4 aromatic rings. The van der Waals surface area contributed by atoms with Crippen LogP contribution in [0.15, 0.2) is 64.3 Å². The third-order valence-electron chi connectivity index (χ3n) is 4.57. The maximum atomic E-state index is 12.9. The van der Waals surface area contributed by atoms with Gasteiger partial charge in [0.15, 0.2) is 5.65 Å². The normalized spacial score (nSPS) is 10.8. The maximum absolute atomic E-state index is 12.9. The van der Waals surface area contributed by atoms with Crippen molar-refractivity contribution in [1.82, 2.24) is 19.5 Å². The van der Waals surface area contributed by atoms with Gasteiger partial charge in [0.25, 0.3) is 5.56 Å². The summed E-state index contributed by atoms with van der Waals surface area (Å²) in [5, 5.41) is 12.8. The Morgan fingerprint density at radius 3 is 2.80 bits per heavy atom. The van der Waals surface area contributed by atoms with Gasteiger partial charge in [0.1, 0.15) is 16.9 Å². The molecule has 0 saturated heterocycles.